The van der Waals surface area contributed by atoms with Crippen molar-refractivity contribution in [3.63, 3.8) is 0 Å². The number of amides is 1. The Kier molecular flexibility index (Phi) is 30.3. The van der Waals surface area contributed by atoms with Gasteiger partial charge in [-0.2, -0.15) is 0 Å². The lowest BCUT2D eigenvalue weighted by atomic mass is 9.98. The molecule has 61 heavy (non-hydrogen) atoms. The molecule has 0 fully saturated rings. The van der Waals surface area contributed by atoms with Gasteiger partial charge in [0.25, 0.3) is 0 Å². The van der Waals surface area contributed by atoms with Crippen LogP contribution in [-0.2, 0) is 66.4 Å². The highest BCUT2D eigenvalue weighted by atomic mass is 16.6. The van der Waals surface area contributed by atoms with Crippen molar-refractivity contribution in [1.29, 1.82) is 0 Å². The number of carbonyl (C=O) groups is 3. The van der Waals surface area contributed by atoms with Crippen molar-refractivity contribution in [2.45, 2.75) is 38.0 Å². The van der Waals surface area contributed by atoms with E-state index in [0.29, 0.717) is 158 Å². The van der Waals surface area contributed by atoms with Crippen molar-refractivity contribution in [3.8, 4) is 11.1 Å². The molecule has 0 unspecified atom stereocenters. The van der Waals surface area contributed by atoms with E-state index in [2.05, 4.69) is 29.6 Å². The molecule has 344 valence electrons. The fourth-order valence-corrected chi connectivity index (χ4v) is 5.93. The fraction of sp³-hybridized carbons (Fsp3) is 0.659. The molecule has 1 amide bonds. The maximum atomic E-state index is 12.3. The zero-order valence-corrected chi connectivity index (χ0v) is 35.6. The average Bonchev–Trinajstić information content (AvgIpc) is 3.59. The van der Waals surface area contributed by atoms with E-state index in [1.807, 2.05) is 24.3 Å². The van der Waals surface area contributed by atoms with Gasteiger partial charge in [0, 0.05) is 31.9 Å². The van der Waals surface area contributed by atoms with E-state index >= 15 is 0 Å². The Balaban J connectivity index is 0.925. The lowest BCUT2D eigenvalue weighted by Gasteiger charge is -2.14. The van der Waals surface area contributed by atoms with Gasteiger partial charge in [0.1, 0.15) is 13.2 Å². The fourth-order valence-electron chi connectivity index (χ4n) is 5.93. The topological polar surface area (TPSA) is 194 Å². The van der Waals surface area contributed by atoms with E-state index in [-0.39, 0.29) is 37.9 Å². The predicted molar refractivity (Wildman–Crippen MR) is 223 cm³/mol. The summed E-state index contributed by atoms with van der Waals surface area (Å²) in [6.07, 6.45) is 1.47. The van der Waals surface area contributed by atoms with Crippen LogP contribution in [0, 0.1) is 0 Å². The molecule has 2 aromatic rings. The normalized spacial score (nSPS) is 12.0. The SMILES string of the molecule is O=C(O)CCCCC(=O)OCCOCCOCCOCCOCCOCCOCCOCCOCCOCCOCCCNC(=O)OCC1c2ccccc2-c2ccccc21. The van der Waals surface area contributed by atoms with Gasteiger partial charge in [-0.15, -0.1) is 0 Å². The second-order valence-corrected chi connectivity index (χ2v) is 13.6. The molecule has 17 nitrogen and oxygen atoms in total. The number of carbonyl (C=O) groups excluding carboxylic acids is 2. The summed E-state index contributed by atoms with van der Waals surface area (Å²) in [6.45, 7) is 9.91. The summed E-state index contributed by atoms with van der Waals surface area (Å²) in [5, 5.41) is 11.4. The van der Waals surface area contributed by atoms with Crippen LogP contribution in [0.3, 0.4) is 0 Å². The number of carboxylic acid groups (broad SMARTS) is 1. The number of unbranched alkanes of at least 4 members (excludes halogenated alkanes) is 1. The number of ether oxygens (including phenoxy) is 12. The van der Waals surface area contributed by atoms with Gasteiger partial charge < -0.3 is 67.3 Å². The monoisotopic (exact) mass is 865 g/mol. The number of carboxylic acids is 1. The molecule has 2 N–H and O–H groups in total. The number of esters is 1. The summed E-state index contributed by atoms with van der Waals surface area (Å²) >= 11 is 0. The molecule has 0 bridgehead atoms. The molecule has 0 saturated carbocycles. The Morgan fingerprint density at radius 3 is 1.21 bits per heavy atom. The third-order valence-corrected chi connectivity index (χ3v) is 8.94. The molecule has 0 saturated heterocycles. The van der Waals surface area contributed by atoms with E-state index < -0.39 is 12.1 Å². The number of alkyl carbamates (subject to hydrolysis) is 1. The Morgan fingerprint density at radius 1 is 0.443 bits per heavy atom. The highest BCUT2D eigenvalue weighted by molar-refractivity contribution is 5.79. The molecule has 0 aliphatic heterocycles. The van der Waals surface area contributed by atoms with Crippen LogP contribution in [0.25, 0.3) is 11.1 Å². The summed E-state index contributed by atoms with van der Waals surface area (Å²) in [6, 6.07) is 16.5. The van der Waals surface area contributed by atoms with E-state index in [9.17, 15) is 14.4 Å². The van der Waals surface area contributed by atoms with Gasteiger partial charge in [0.15, 0.2) is 0 Å². The molecule has 17 heteroatoms. The molecular weight excluding hydrogens is 798 g/mol. The summed E-state index contributed by atoms with van der Waals surface area (Å²) in [5.41, 5.74) is 4.78. The molecule has 1 aliphatic carbocycles. The van der Waals surface area contributed by atoms with E-state index in [1.165, 1.54) is 22.3 Å². The smallest absolute Gasteiger partial charge is 0.407 e. The van der Waals surface area contributed by atoms with Crippen LogP contribution in [0.2, 0.25) is 0 Å². The van der Waals surface area contributed by atoms with Gasteiger partial charge in [-0.05, 0) is 41.5 Å². The first kappa shape index (κ1) is 51.6. The summed E-state index contributed by atoms with van der Waals surface area (Å²) in [4.78, 5) is 34.2. The summed E-state index contributed by atoms with van der Waals surface area (Å²) < 4.78 is 65.4. The number of rotatable bonds is 41. The minimum Gasteiger partial charge on any atom is -0.481 e. The van der Waals surface area contributed by atoms with Gasteiger partial charge in [-0.25, -0.2) is 4.79 Å². The highest BCUT2D eigenvalue weighted by Gasteiger charge is 2.29. The minimum absolute atomic E-state index is 0.0416. The molecule has 0 atom stereocenters. The van der Waals surface area contributed by atoms with Crippen LogP contribution in [0.15, 0.2) is 48.5 Å². The number of hydrogen-bond acceptors (Lipinski definition) is 15. The first-order valence-corrected chi connectivity index (χ1v) is 21.3. The third-order valence-electron chi connectivity index (χ3n) is 8.94. The molecule has 0 aromatic heterocycles. The number of fused-ring (bicyclic) bond motifs is 3. The first-order chi connectivity index (χ1) is 30.1. The lowest BCUT2D eigenvalue weighted by molar-refractivity contribution is -0.146. The number of hydrogen-bond donors (Lipinski definition) is 2. The van der Waals surface area contributed by atoms with E-state index in [1.54, 1.807) is 0 Å². The van der Waals surface area contributed by atoms with Crippen molar-refractivity contribution in [1.82, 2.24) is 5.32 Å². The zero-order valence-electron chi connectivity index (χ0n) is 35.6. The largest absolute Gasteiger partial charge is 0.481 e. The Hall–Kier alpha value is -3.75. The van der Waals surface area contributed by atoms with Crippen LogP contribution < -0.4 is 5.32 Å². The standard InChI is InChI=1S/C44H67NO16/c46-42(47)12-5-6-13-43(48)60-35-34-59-33-32-58-31-30-57-29-28-56-27-26-55-25-24-54-23-22-53-21-20-52-19-18-51-17-16-50-15-7-14-45-44(49)61-36-41-39-10-3-1-8-37(39)38-9-2-4-11-40(38)41/h1-4,8-11,41H,5-7,12-36H2,(H,45,49)(H,46,47). The lowest BCUT2D eigenvalue weighted by Crippen LogP contribution is -2.27. The van der Waals surface area contributed by atoms with E-state index in [0.717, 1.165) is 0 Å². The van der Waals surface area contributed by atoms with Gasteiger partial charge in [-0.1, -0.05) is 48.5 Å². The Morgan fingerprint density at radius 2 is 0.803 bits per heavy atom. The maximum Gasteiger partial charge on any atom is 0.407 e. The molecule has 0 spiro atoms. The Bertz CT molecular complexity index is 1390. The zero-order chi connectivity index (χ0) is 43.3. The molecule has 3 rings (SSSR count). The predicted octanol–water partition coefficient (Wildman–Crippen LogP) is 4.27. The second-order valence-electron chi connectivity index (χ2n) is 13.6. The van der Waals surface area contributed by atoms with Crippen LogP contribution in [-0.4, -0.2) is 175 Å². The quantitative estimate of drug-likeness (QED) is 0.0710. The maximum absolute atomic E-state index is 12.3. The minimum atomic E-state index is -0.867. The van der Waals surface area contributed by atoms with Gasteiger partial charge >= 0.3 is 18.0 Å². The van der Waals surface area contributed by atoms with Crippen LogP contribution in [0.1, 0.15) is 49.1 Å². The molecule has 2 aromatic carbocycles. The summed E-state index contributed by atoms with van der Waals surface area (Å²) in [5.74, 6) is -1.18. The van der Waals surface area contributed by atoms with Gasteiger partial charge in [-0.3, -0.25) is 9.59 Å². The summed E-state index contributed by atoms with van der Waals surface area (Å²) in [7, 11) is 0. The van der Waals surface area contributed by atoms with Crippen LogP contribution in [0.4, 0.5) is 4.79 Å². The third kappa shape index (κ3) is 25.7. The number of benzene rings is 2. The molecule has 0 heterocycles. The van der Waals surface area contributed by atoms with Crippen molar-refractivity contribution >= 4 is 18.0 Å². The van der Waals surface area contributed by atoms with Crippen LogP contribution >= 0.6 is 0 Å². The average molecular weight is 866 g/mol. The molecule has 0 radical (unpaired) electrons. The number of aliphatic carboxylic acids is 1. The van der Waals surface area contributed by atoms with Crippen molar-refractivity contribution < 1.29 is 76.3 Å². The number of nitrogens with one attached hydrogen (secondary N) is 1. The van der Waals surface area contributed by atoms with E-state index in [4.69, 9.17) is 61.9 Å². The van der Waals surface area contributed by atoms with Crippen molar-refractivity contribution in [2.75, 3.05) is 152 Å². The van der Waals surface area contributed by atoms with Crippen LogP contribution in [0.5, 0.6) is 0 Å². The highest BCUT2D eigenvalue weighted by Crippen LogP contribution is 2.44. The van der Waals surface area contributed by atoms with Gasteiger partial charge in [0.2, 0.25) is 0 Å². The first-order valence-electron chi connectivity index (χ1n) is 21.3. The van der Waals surface area contributed by atoms with Crippen molar-refractivity contribution in [2.24, 2.45) is 0 Å². The Labute approximate surface area is 359 Å². The molecule has 1 aliphatic rings. The second kappa shape index (κ2) is 35.8. The van der Waals surface area contributed by atoms with Crippen molar-refractivity contribution in [3.05, 3.63) is 59.7 Å². The molecular formula is C44H67NO16. The van der Waals surface area contributed by atoms with Gasteiger partial charge in [0.05, 0.1) is 126 Å².